The van der Waals surface area contributed by atoms with Crippen LogP contribution in [0.4, 0.5) is 0 Å². The molecule has 0 aliphatic carbocycles. The molecule has 4 N–H and O–H groups in total. The van der Waals surface area contributed by atoms with E-state index in [0.717, 1.165) is 5.56 Å². The Kier molecular flexibility index (Phi) is 5.32. The first-order chi connectivity index (χ1) is 8.50. The predicted octanol–water partition coefficient (Wildman–Crippen LogP) is 0.536. The van der Waals surface area contributed by atoms with Gasteiger partial charge in [-0.2, -0.15) is 0 Å². The largest absolute Gasteiger partial charge is 0.480 e. The lowest BCUT2D eigenvalue weighted by Crippen LogP contribution is -2.47. The number of carboxylic acid groups (broad SMARTS) is 1. The Hall–Kier alpha value is -1.88. The Morgan fingerprint density at radius 1 is 1.33 bits per heavy atom. The average molecular weight is 250 g/mol. The standard InChI is InChI=1S/C13H18N2O3/c1-9(13(17)18)15-12(16)11(14)8-7-10-5-3-2-4-6-10/h2-6,9,11H,7-8,14H2,1H3,(H,15,16)(H,17,18)/t9-,11+/m0/s1. The number of carbonyl (C=O) groups excluding carboxylic acids is 1. The summed E-state index contributed by atoms with van der Waals surface area (Å²) in [5.41, 5.74) is 6.81. The number of hydrogen-bond donors (Lipinski definition) is 3. The van der Waals surface area contributed by atoms with Gasteiger partial charge >= 0.3 is 5.97 Å². The SMILES string of the molecule is C[C@H](NC(=O)[C@H](N)CCc1ccccc1)C(=O)O. The number of aliphatic carboxylic acids is 1. The van der Waals surface area contributed by atoms with E-state index in [2.05, 4.69) is 5.32 Å². The number of hydrogen-bond acceptors (Lipinski definition) is 3. The predicted molar refractivity (Wildman–Crippen MR) is 68.0 cm³/mol. The summed E-state index contributed by atoms with van der Waals surface area (Å²) in [6.45, 7) is 1.41. The van der Waals surface area contributed by atoms with Crippen LogP contribution in [0.2, 0.25) is 0 Å². The van der Waals surface area contributed by atoms with Gasteiger partial charge in [-0.15, -0.1) is 0 Å². The zero-order valence-corrected chi connectivity index (χ0v) is 10.3. The van der Waals surface area contributed by atoms with Crippen molar-refractivity contribution in [3.05, 3.63) is 35.9 Å². The molecule has 0 fully saturated rings. The van der Waals surface area contributed by atoms with Gasteiger partial charge in [0, 0.05) is 0 Å². The molecule has 1 amide bonds. The minimum absolute atomic E-state index is 0.430. The van der Waals surface area contributed by atoms with Crippen molar-refractivity contribution in [3.8, 4) is 0 Å². The van der Waals surface area contributed by atoms with Crippen LogP contribution in [0, 0.1) is 0 Å². The summed E-state index contributed by atoms with van der Waals surface area (Å²) in [4.78, 5) is 22.2. The topological polar surface area (TPSA) is 92.4 Å². The minimum atomic E-state index is -1.07. The van der Waals surface area contributed by atoms with Crippen LogP contribution in [0.25, 0.3) is 0 Å². The van der Waals surface area contributed by atoms with E-state index in [4.69, 9.17) is 10.8 Å². The van der Waals surface area contributed by atoms with Gasteiger partial charge in [-0.25, -0.2) is 0 Å². The summed E-state index contributed by atoms with van der Waals surface area (Å²) < 4.78 is 0. The quantitative estimate of drug-likeness (QED) is 0.687. The van der Waals surface area contributed by atoms with Gasteiger partial charge in [0.2, 0.25) is 5.91 Å². The molecule has 0 bridgehead atoms. The van der Waals surface area contributed by atoms with Gasteiger partial charge in [-0.1, -0.05) is 30.3 Å². The van der Waals surface area contributed by atoms with Crippen LogP contribution in [0.1, 0.15) is 18.9 Å². The number of nitrogens with two attached hydrogens (primary N) is 1. The molecule has 0 saturated carbocycles. The Labute approximate surface area is 106 Å². The lowest BCUT2D eigenvalue weighted by atomic mass is 10.1. The van der Waals surface area contributed by atoms with E-state index in [1.165, 1.54) is 6.92 Å². The molecule has 0 unspecified atom stereocenters. The zero-order valence-electron chi connectivity index (χ0n) is 10.3. The molecule has 1 rings (SSSR count). The molecule has 5 nitrogen and oxygen atoms in total. The van der Waals surface area contributed by atoms with Crippen LogP contribution < -0.4 is 11.1 Å². The number of carboxylic acids is 1. The Bertz CT molecular complexity index is 406. The fraction of sp³-hybridized carbons (Fsp3) is 0.385. The zero-order chi connectivity index (χ0) is 13.5. The van der Waals surface area contributed by atoms with Crippen LogP contribution in [0.15, 0.2) is 30.3 Å². The average Bonchev–Trinajstić information content (AvgIpc) is 2.36. The van der Waals surface area contributed by atoms with E-state index in [9.17, 15) is 9.59 Å². The van der Waals surface area contributed by atoms with Crippen molar-refractivity contribution in [2.24, 2.45) is 5.73 Å². The fourth-order valence-corrected chi connectivity index (χ4v) is 1.48. The molecule has 0 aromatic heterocycles. The molecule has 0 radical (unpaired) electrons. The highest BCUT2D eigenvalue weighted by Gasteiger charge is 2.18. The molecule has 1 aromatic rings. The van der Waals surface area contributed by atoms with Gasteiger partial charge in [0.05, 0.1) is 6.04 Å². The van der Waals surface area contributed by atoms with Crippen molar-refractivity contribution < 1.29 is 14.7 Å². The Morgan fingerprint density at radius 2 is 1.94 bits per heavy atom. The van der Waals surface area contributed by atoms with Gasteiger partial charge < -0.3 is 16.2 Å². The van der Waals surface area contributed by atoms with Gasteiger partial charge in [0.1, 0.15) is 6.04 Å². The summed E-state index contributed by atoms with van der Waals surface area (Å²) in [7, 11) is 0. The van der Waals surface area contributed by atoms with Crippen LogP contribution in [-0.2, 0) is 16.0 Å². The van der Waals surface area contributed by atoms with Crippen LogP contribution in [0.5, 0.6) is 0 Å². The molecular weight excluding hydrogens is 232 g/mol. The smallest absolute Gasteiger partial charge is 0.325 e. The normalized spacial score (nSPS) is 13.7. The molecule has 0 heterocycles. The second kappa shape index (κ2) is 6.76. The maximum absolute atomic E-state index is 11.6. The van der Waals surface area contributed by atoms with Crippen molar-refractivity contribution in [1.82, 2.24) is 5.32 Å². The number of aryl methyl sites for hydroxylation is 1. The Morgan fingerprint density at radius 3 is 2.50 bits per heavy atom. The highest BCUT2D eigenvalue weighted by atomic mass is 16.4. The Balaban J connectivity index is 2.39. The van der Waals surface area contributed by atoms with Gasteiger partial charge in [-0.3, -0.25) is 9.59 Å². The van der Waals surface area contributed by atoms with E-state index >= 15 is 0 Å². The van der Waals surface area contributed by atoms with Crippen LogP contribution in [-0.4, -0.2) is 29.1 Å². The maximum atomic E-state index is 11.6. The third-order valence-electron chi connectivity index (χ3n) is 2.65. The molecular formula is C13H18N2O3. The minimum Gasteiger partial charge on any atom is -0.480 e. The number of carbonyl (C=O) groups is 2. The third kappa shape index (κ3) is 4.55. The first-order valence-corrected chi connectivity index (χ1v) is 5.83. The summed E-state index contributed by atoms with van der Waals surface area (Å²) in [5.74, 6) is -1.50. The lowest BCUT2D eigenvalue weighted by molar-refractivity contribution is -0.141. The molecule has 5 heteroatoms. The molecule has 0 aliphatic rings. The molecule has 0 spiro atoms. The maximum Gasteiger partial charge on any atom is 0.325 e. The van der Waals surface area contributed by atoms with E-state index < -0.39 is 24.0 Å². The van der Waals surface area contributed by atoms with E-state index in [1.807, 2.05) is 30.3 Å². The molecule has 0 saturated heterocycles. The van der Waals surface area contributed by atoms with Gasteiger partial charge in [0.25, 0.3) is 0 Å². The van der Waals surface area contributed by atoms with Crippen LogP contribution >= 0.6 is 0 Å². The molecule has 18 heavy (non-hydrogen) atoms. The first kappa shape index (κ1) is 14.2. The molecule has 0 aliphatic heterocycles. The van der Waals surface area contributed by atoms with Crippen molar-refractivity contribution in [3.63, 3.8) is 0 Å². The summed E-state index contributed by atoms with van der Waals surface area (Å²) >= 11 is 0. The number of amides is 1. The summed E-state index contributed by atoms with van der Waals surface area (Å²) in [6.07, 6.45) is 1.18. The summed E-state index contributed by atoms with van der Waals surface area (Å²) in [6, 6.07) is 8.09. The highest BCUT2D eigenvalue weighted by Crippen LogP contribution is 2.04. The fourth-order valence-electron chi connectivity index (χ4n) is 1.48. The van der Waals surface area contributed by atoms with E-state index in [0.29, 0.717) is 12.8 Å². The van der Waals surface area contributed by atoms with Crippen molar-refractivity contribution >= 4 is 11.9 Å². The first-order valence-electron chi connectivity index (χ1n) is 5.83. The number of nitrogens with one attached hydrogen (secondary N) is 1. The van der Waals surface area contributed by atoms with Crippen LogP contribution in [0.3, 0.4) is 0 Å². The highest BCUT2D eigenvalue weighted by molar-refractivity contribution is 5.86. The molecule has 2 atom stereocenters. The van der Waals surface area contributed by atoms with Crippen molar-refractivity contribution in [2.45, 2.75) is 31.8 Å². The van der Waals surface area contributed by atoms with Gasteiger partial charge in [0.15, 0.2) is 0 Å². The number of rotatable bonds is 6. The second-order valence-corrected chi connectivity index (χ2v) is 4.20. The third-order valence-corrected chi connectivity index (χ3v) is 2.65. The van der Waals surface area contributed by atoms with Crippen molar-refractivity contribution in [2.75, 3.05) is 0 Å². The van der Waals surface area contributed by atoms with E-state index in [1.54, 1.807) is 0 Å². The number of benzene rings is 1. The monoisotopic (exact) mass is 250 g/mol. The molecule has 98 valence electrons. The van der Waals surface area contributed by atoms with Gasteiger partial charge in [-0.05, 0) is 25.3 Å². The summed E-state index contributed by atoms with van der Waals surface area (Å²) in [5, 5.41) is 11.0. The second-order valence-electron chi connectivity index (χ2n) is 4.20. The van der Waals surface area contributed by atoms with E-state index in [-0.39, 0.29) is 0 Å². The molecule has 1 aromatic carbocycles. The lowest BCUT2D eigenvalue weighted by Gasteiger charge is -2.14. The van der Waals surface area contributed by atoms with Crippen molar-refractivity contribution in [1.29, 1.82) is 0 Å².